The van der Waals surface area contributed by atoms with Crippen LogP contribution in [-0.2, 0) is 20.0 Å². The van der Waals surface area contributed by atoms with Gasteiger partial charge in [0.05, 0.1) is 23.8 Å². The summed E-state index contributed by atoms with van der Waals surface area (Å²) in [6, 6.07) is 2.04. The maximum absolute atomic E-state index is 4.35. The first-order valence-corrected chi connectivity index (χ1v) is 7.18. The molecule has 3 aromatic heterocycles. The monoisotopic (exact) mass is 334 g/mol. The minimum Gasteiger partial charge on any atom is -0.311 e. The number of aryl methyl sites for hydroxylation is 1. The summed E-state index contributed by atoms with van der Waals surface area (Å²) in [5.74, 6) is 0. The van der Waals surface area contributed by atoms with Crippen LogP contribution in [0.1, 0.15) is 11.4 Å². The molecule has 0 amide bonds. The van der Waals surface area contributed by atoms with Crippen molar-refractivity contribution in [1.29, 1.82) is 0 Å². The van der Waals surface area contributed by atoms with E-state index in [0.717, 1.165) is 41.1 Å². The largest absolute Gasteiger partial charge is 0.311 e. The number of hydrogen-bond acceptors (Lipinski definition) is 4. The van der Waals surface area contributed by atoms with Gasteiger partial charge < -0.3 is 5.32 Å². The van der Waals surface area contributed by atoms with Crippen molar-refractivity contribution in [2.24, 2.45) is 7.05 Å². The topological polar surface area (TPSA) is 60.0 Å². The van der Waals surface area contributed by atoms with E-state index in [1.165, 1.54) is 0 Å². The van der Waals surface area contributed by atoms with Gasteiger partial charge in [0.1, 0.15) is 4.60 Å². The van der Waals surface area contributed by atoms with Crippen molar-refractivity contribution in [2.75, 3.05) is 6.54 Å². The molecule has 7 heteroatoms. The number of rotatable bonds is 5. The Morgan fingerprint density at radius 1 is 1.30 bits per heavy atom. The van der Waals surface area contributed by atoms with Crippen LogP contribution in [0.15, 0.2) is 35.5 Å². The molecule has 1 N–H and O–H groups in total. The first kappa shape index (κ1) is 13.3. The quantitative estimate of drug-likeness (QED) is 0.719. The molecule has 3 rings (SSSR count). The summed E-state index contributed by atoms with van der Waals surface area (Å²) >= 11 is 3.38. The normalized spacial score (nSPS) is 11.3. The Morgan fingerprint density at radius 2 is 2.20 bits per heavy atom. The van der Waals surface area contributed by atoms with Crippen molar-refractivity contribution in [3.63, 3.8) is 0 Å². The molecule has 3 heterocycles. The first-order valence-electron chi connectivity index (χ1n) is 6.39. The maximum Gasteiger partial charge on any atom is 0.155 e. The van der Waals surface area contributed by atoms with Crippen molar-refractivity contribution in [3.05, 3.63) is 46.8 Å². The summed E-state index contributed by atoms with van der Waals surface area (Å²) in [5, 5.41) is 7.76. The van der Waals surface area contributed by atoms with E-state index < -0.39 is 0 Å². The fraction of sp³-hybridized carbons (Fsp3) is 0.308. The van der Waals surface area contributed by atoms with Gasteiger partial charge in [-0.15, -0.1) is 0 Å². The van der Waals surface area contributed by atoms with Crippen LogP contribution in [0.3, 0.4) is 0 Å². The fourth-order valence-electron chi connectivity index (χ4n) is 2.08. The zero-order valence-electron chi connectivity index (χ0n) is 11.1. The van der Waals surface area contributed by atoms with Gasteiger partial charge in [-0.25, -0.2) is 9.97 Å². The van der Waals surface area contributed by atoms with Crippen molar-refractivity contribution in [1.82, 2.24) is 29.5 Å². The molecule has 104 valence electrons. The van der Waals surface area contributed by atoms with Crippen molar-refractivity contribution < 1.29 is 0 Å². The highest BCUT2D eigenvalue weighted by molar-refractivity contribution is 9.10. The second-order valence-electron chi connectivity index (χ2n) is 4.60. The number of imidazole rings is 1. The van der Waals surface area contributed by atoms with E-state index in [1.54, 1.807) is 6.20 Å². The van der Waals surface area contributed by atoms with Gasteiger partial charge >= 0.3 is 0 Å². The molecule has 0 bridgehead atoms. The van der Waals surface area contributed by atoms with E-state index >= 15 is 0 Å². The highest BCUT2D eigenvalue weighted by Gasteiger charge is 2.04. The SMILES string of the molecule is Cn1ccc(CCNCc2cnc3cnc(Br)cn23)n1. The molecular weight excluding hydrogens is 320 g/mol. The third-order valence-corrected chi connectivity index (χ3v) is 3.48. The zero-order valence-corrected chi connectivity index (χ0v) is 12.7. The standard InChI is InChI=1S/C13H15BrN6/c1-19-5-3-10(18-19)2-4-15-6-11-7-17-13-8-16-12(14)9-20(11)13/h3,5,7-9,15H,2,4,6H2,1H3. The fourth-order valence-corrected chi connectivity index (χ4v) is 2.38. The third kappa shape index (κ3) is 2.88. The number of halogens is 1. The lowest BCUT2D eigenvalue weighted by atomic mass is 10.3. The average Bonchev–Trinajstić information content (AvgIpc) is 3.01. The Hall–Kier alpha value is -1.73. The Morgan fingerprint density at radius 3 is 3.00 bits per heavy atom. The van der Waals surface area contributed by atoms with Crippen molar-refractivity contribution >= 4 is 21.6 Å². The lowest BCUT2D eigenvalue weighted by Crippen LogP contribution is -2.18. The summed E-state index contributed by atoms with van der Waals surface area (Å²) < 4.78 is 4.66. The third-order valence-electron chi connectivity index (χ3n) is 3.07. The Balaban J connectivity index is 1.58. The zero-order chi connectivity index (χ0) is 13.9. The van der Waals surface area contributed by atoms with Crippen LogP contribution in [-0.4, -0.2) is 30.7 Å². The van der Waals surface area contributed by atoms with Gasteiger partial charge in [-0.2, -0.15) is 5.10 Å². The second-order valence-corrected chi connectivity index (χ2v) is 5.41. The minimum absolute atomic E-state index is 0.768. The van der Waals surface area contributed by atoms with Crippen LogP contribution in [0.2, 0.25) is 0 Å². The molecular formula is C13H15BrN6. The predicted molar refractivity (Wildman–Crippen MR) is 79.3 cm³/mol. The van der Waals surface area contributed by atoms with E-state index in [-0.39, 0.29) is 0 Å². The van der Waals surface area contributed by atoms with Gasteiger partial charge in [0.15, 0.2) is 5.65 Å². The smallest absolute Gasteiger partial charge is 0.155 e. The molecule has 0 aromatic carbocycles. The molecule has 0 unspecified atom stereocenters. The van der Waals surface area contributed by atoms with E-state index in [0.29, 0.717) is 0 Å². The summed E-state index contributed by atoms with van der Waals surface area (Å²) in [5.41, 5.74) is 3.07. The van der Waals surface area contributed by atoms with Crippen LogP contribution in [0.5, 0.6) is 0 Å². The number of nitrogens with zero attached hydrogens (tertiary/aromatic N) is 5. The molecule has 0 spiro atoms. The van der Waals surface area contributed by atoms with Gasteiger partial charge in [-0.1, -0.05) is 0 Å². The van der Waals surface area contributed by atoms with Crippen LogP contribution < -0.4 is 5.32 Å². The van der Waals surface area contributed by atoms with Crippen LogP contribution in [0, 0.1) is 0 Å². The van der Waals surface area contributed by atoms with Gasteiger partial charge in [0, 0.05) is 39.0 Å². The van der Waals surface area contributed by atoms with E-state index in [2.05, 4.69) is 36.3 Å². The number of nitrogens with one attached hydrogen (secondary N) is 1. The first-order chi connectivity index (χ1) is 9.72. The number of aromatic nitrogens is 5. The predicted octanol–water partition coefficient (Wildman–Crippen LogP) is 1.56. The van der Waals surface area contributed by atoms with Crippen LogP contribution >= 0.6 is 15.9 Å². The molecule has 0 saturated heterocycles. The summed E-state index contributed by atoms with van der Waals surface area (Å²) in [7, 11) is 1.93. The maximum atomic E-state index is 4.35. The van der Waals surface area contributed by atoms with Gasteiger partial charge in [0.25, 0.3) is 0 Å². The molecule has 0 fully saturated rings. The molecule has 6 nitrogen and oxygen atoms in total. The summed E-state index contributed by atoms with van der Waals surface area (Å²) in [4.78, 5) is 8.49. The van der Waals surface area contributed by atoms with E-state index in [9.17, 15) is 0 Å². The summed E-state index contributed by atoms with van der Waals surface area (Å²) in [6.07, 6.45) is 8.43. The summed E-state index contributed by atoms with van der Waals surface area (Å²) in [6.45, 7) is 1.65. The second kappa shape index (κ2) is 5.72. The Labute approximate surface area is 125 Å². The van der Waals surface area contributed by atoms with Crippen molar-refractivity contribution in [2.45, 2.75) is 13.0 Å². The highest BCUT2D eigenvalue weighted by Crippen LogP contribution is 2.10. The van der Waals surface area contributed by atoms with E-state index in [1.807, 2.05) is 40.8 Å². The molecule has 0 aliphatic carbocycles. The Bertz CT molecular complexity index is 717. The molecule has 0 atom stereocenters. The van der Waals surface area contributed by atoms with Gasteiger partial charge in [-0.3, -0.25) is 9.08 Å². The van der Waals surface area contributed by atoms with Crippen LogP contribution in [0.4, 0.5) is 0 Å². The Kier molecular flexibility index (Phi) is 3.79. The van der Waals surface area contributed by atoms with E-state index in [4.69, 9.17) is 0 Å². The molecule has 0 saturated carbocycles. The number of hydrogen-bond donors (Lipinski definition) is 1. The van der Waals surface area contributed by atoms with Gasteiger partial charge in [-0.05, 0) is 22.0 Å². The minimum atomic E-state index is 0.768. The van der Waals surface area contributed by atoms with Crippen LogP contribution in [0.25, 0.3) is 5.65 Å². The molecule has 0 aliphatic rings. The average molecular weight is 335 g/mol. The number of fused-ring (bicyclic) bond motifs is 1. The van der Waals surface area contributed by atoms with Crippen molar-refractivity contribution in [3.8, 4) is 0 Å². The molecule has 0 aliphatic heterocycles. The molecule has 20 heavy (non-hydrogen) atoms. The van der Waals surface area contributed by atoms with Gasteiger partial charge in [0.2, 0.25) is 0 Å². The lowest BCUT2D eigenvalue weighted by Gasteiger charge is -2.04. The molecule has 3 aromatic rings. The highest BCUT2D eigenvalue weighted by atomic mass is 79.9. The molecule has 0 radical (unpaired) electrons. The lowest BCUT2D eigenvalue weighted by molar-refractivity contribution is 0.653.